The highest BCUT2D eigenvalue weighted by Crippen LogP contribution is 2.29. The molecule has 4 aromatic rings. The van der Waals surface area contributed by atoms with E-state index in [9.17, 15) is 0 Å². The SMILES string of the molecule is C=Cc1cc2cc(OCc3c(Cl)cccc3Cl)ccc2n1CCCc1nn[nH]n1. The van der Waals surface area contributed by atoms with Crippen LogP contribution in [0.4, 0.5) is 0 Å². The summed E-state index contributed by atoms with van der Waals surface area (Å²) in [6, 6.07) is 13.6. The van der Waals surface area contributed by atoms with Crippen LogP contribution in [0.1, 0.15) is 23.5 Å². The summed E-state index contributed by atoms with van der Waals surface area (Å²) in [5.41, 5.74) is 2.96. The Kier molecular flexibility index (Phi) is 5.83. The van der Waals surface area contributed by atoms with E-state index in [4.69, 9.17) is 27.9 Å². The maximum absolute atomic E-state index is 6.23. The number of aromatic nitrogens is 5. The van der Waals surface area contributed by atoms with Crippen LogP contribution < -0.4 is 4.74 Å². The largest absolute Gasteiger partial charge is 0.489 e. The Morgan fingerprint density at radius 1 is 1.14 bits per heavy atom. The monoisotopic (exact) mass is 427 g/mol. The number of tetrazole rings is 1. The number of H-pyrrole nitrogens is 1. The number of ether oxygens (including phenoxy) is 1. The lowest BCUT2D eigenvalue weighted by atomic mass is 10.2. The highest BCUT2D eigenvalue weighted by Gasteiger charge is 2.10. The zero-order valence-corrected chi connectivity index (χ0v) is 17.1. The minimum Gasteiger partial charge on any atom is -0.489 e. The van der Waals surface area contributed by atoms with E-state index in [1.54, 1.807) is 12.1 Å². The number of rotatable bonds is 8. The third-order valence-corrected chi connectivity index (χ3v) is 5.44. The van der Waals surface area contributed by atoms with Crippen molar-refractivity contribution in [2.45, 2.75) is 26.0 Å². The van der Waals surface area contributed by atoms with Crippen LogP contribution in [0.2, 0.25) is 10.0 Å². The number of halogens is 2. The van der Waals surface area contributed by atoms with Gasteiger partial charge in [0.1, 0.15) is 12.4 Å². The molecule has 0 bridgehead atoms. The number of hydrogen-bond acceptors (Lipinski definition) is 4. The lowest BCUT2D eigenvalue weighted by Crippen LogP contribution is -2.02. The first-order valence-corrected chi connectivity index (χ1v) is 9.95. The maximum Gasteiger partial charge on any atom is 0.174 e. The molecule has 29 heavy (non-hydrogen) atoms. The molecule has 6 nitrogen and oxygen atoms in total. The molecule has 0 aliphatic carbocycles. The van der Waals surface area contributed by atoms with Gasteiger partial charge in [0.25, 0.3) is 0 Å². The van der Waals surface area contributed by atoms with Crippen molar-refractivity contribution in [1.29, 1.82) is 0 Å². The molecule has 0 saturated carbocycles. The Labute approximate surface area is 178 Å². The summed E-state index contributed by atoms with van der Waals surface area (Å²) < 4.78 is 8.18. The average Bonchev–Trinajstić information content (AvgIpc) is 3.35. The molecule has 0 spiro atoms. The third-order valence-electron chi connectivity index (χ3n) is 4.73. The van der Waals surface area contributed by atoms with Gasteiger partial charge in [-0.3, -0.25) is 0 Å². The van der Waals surface area contributed by atoms with Crippen molar-refractivity contribution in [1.82, 2.24) is 25.2 Å². The van der Waals surface area contributed by atoms with Crippen molar-refractivity contribution in [2.75, 3.05) is 0 Å². The molecular formula is C21H19Cl2N5O. The molecule has 0 fully saturated rings. The molecule has 4 rings (SSSR count). The van der Waals surface area contributed by atoms with Crippen molar-refractivity contribution in [2.24, 2.45) is 0 Å². The summed E-state index contributed by atoms with van der Waals surface area (Å²) in [5, 5.41) is 16.3. The summed E-state index contributed by atoms with van der Waals surface area (Å²) in [4.78, 5) is 0. The van der Waals surface area contributed by atoms with Gasteiger partial charge in [-0.1, -0.05) is 41.1 Å². The van der Waals surface area contributed by atoms with E-state index in [0.29, 0.717) is 16.7 Å². The van der Waals surface area contributed by atoms with Gasteiger partial charge < -0.3 is 9.30 Å². The van der Waals surface area contributed by atoms with Gasteiger partial charge in [-0.25, -0.2) is 0 Å². The molecule has 0 radical (unpaired) electrons. The van der Waals surface area contributed by atoms with E-state index in [-0.39, 0.29) is 0 Å². The molecule has 148 valence electrons. The van der Waals surface area contributed by atoms with Gasteiger partial charge in [0.05, 0.1) is 0 Å². The standard InChI is InChI=1S/C21H19Cl2N5O/c1-2-15-11-14-12-16(29-13-17-18(22)5-3-6-19(17)23)8-9-20(14)28(15)10-4-7-21-24-26-27-25-21/h2-3,5-6,8-9,11-12H,1,4,7,10,13H2,(H,24,25,26,27). The molecule has 2 aromatic heterocycles. The van der Waals surface area contributed by atoms with Crippen molar-refractivity contribution >= 4 is 40.2 Å². The van der Waals surface area contributed by atoms with E-state index in [2.05, 4.69) is 43.9 Å². The number of nitrogens with zero attached hydrogens (tertiary/aromatic N) is 4. The molecular weight excluding hydrogens is 409 g/mol. The highest BCUT2D eigenvalue weighted by atomic mass is 35.5. The molecule has 0 aliphatic heterocycles. The van der Waals surface area contributed by atoms with E-state index in [1.165, 1.54) is 0 Å². The number of aryl methyl sites for hydroxylation is 2. The second-order valence-corrected chi connectivity index (χ2v) is 7.38. The fourth-order valence-electron chi connectivity index (χ4n) is 3.29. The minimum atomic E-state index is 0.309. The molecule has 8 heteroatoms. The number of benzene rings is 2. The Morgan fingerprint density at radius 2 is 1.97 bits per heavy atom. The summed E-state index contributed by atoms with van der Waals surface area (Å²) in [6.07, 6.45) is 3.51. The fraction of sp³-hybridized carbons (Fsp3) is 0.190. The van der Waals surface area contributed by atoms with Gasteiger partial charge in [0.2, 0.25) is 0 Å². The molecule has 2 aromatic carbocycles. The summed E-state index contributed by atoms with van der Waals surface area (Å²) in [5.74, 6) is 1.48. The van der Waals surface area contributed by atoms with E-state index in [0.717, 1.165) is 53.1 Å². The van der Waals surface area contributed by atoms with Crippen molar-refractivity contribution in [3.05, 3.63) is 76.2 Å². The molecule has 0 amide bonds. The van der Waals surface area contributed by atoms with E-state index < -0.39 is 0 Å². The van der Waals surface area contributed by atoms with Crippen LogP contribution in [-0.2, 0) is 19.6 Å². The maximum atomic E-state index is 6.23. The van der Waals surface area contributed by atoms with E-state index >= 15 is 0 Å². The van der Waals surface area contributed by atoms with Crippen LogP contribution in [0.15, 0.2) is 49.0 Å². The molecule has 0 aliphatic rings. The smallest absolute Gasteiger partial charge is 0.174 e. The van der Waals surface area contributed by atoms with Crippen molar-refractivity contribution in [3.8, 4) is 5.75 Å². The van der Waals surface area contributed by atoms with Gasteiger partial charge in [0.15, 0.2) is 5.82 Å². The predicted octanol–water partition coefficient (Wildman–Crippen LogP) is 5.32. The molecule has 0 saturated heterocycles. The Bertz CT molecular complexity index is 1120. The van der Waals surface area contributed by atoms with Gasteiger partial charge >= 0.3 is 0 Å². The minimum absolute atomic E-state index is 0.309. The number of hydrogen-bond donors (Lipinski definition) is 1. The highest BCUT2D eigenvalue weighted by molar-refractivity contribution is 6.35. The second kappa shape index (κ2) is 8.68. The number of aromatic amines is 1. The lowest BCUT2D eigenvalue weighted by molar-refractivity contribution is 0.307. The van der Waals surface area contributed by atoms with Gasteiger partial charge in [-0.2, -0.15) is 5.21 Å². The fourth-order valence-corrected chi connectivity index (χ4v) is 3.79. The topological polar surface area (TPSA) is 68.6 Å². The van der Waals surface area contributed by atoms with Crippen LogP contribution in [0, 0.1) is 0 Å². The summed E-state index contributed by atoms with van der Waals surface area (Å²) >= 11 is 12.5. The van der Waals surface area contributed by atoms with E-state index in [1.807, 2.05) is 24.3 Å². The Hall–Kier alpha value is -2.83. The summed E-state index contributed by atoms with van der Waals surface area (Å²) in [6.45, 7) is 5.08. The number of nitrogens with one attached hydrogen (secondary N) is 1. The number of fused-ring (bicyclic) bond motifs is 1. The Morgan fingerprint density at radius 3 is 2.69 bits per heavy atom. The zero-order chi connectivity index (χ0) is 20.2. The van der Waals surface area contributed by atoms with Crippen molar-refractivity contribution in [3.63, 3.8) is 0 Å². The molecule has 1 N–H and O–H groups in total. The molecule has 0 unspecified atom stereocenters. The average molecular weight is 428 g/mol. The normalized spacial score (nSPS) is 11.1. The summed E-state index contributed by atoms with van der Waals surface area (Å²) in [7, 11) is 0. The first kappa shape index (κ1) is 19.5. The first-order chi connectivity index (χ1) is 14.2. The van der Waals surface area contributed by atoms with Gasteiger partial charge in [0, 0.05) is 45.2 Å². The lowest BCUT2D eigenvalue weighted by Gasteiger charge is -2.11. The van der Waals surface area contributed by atoms with Gasteiger partial charge in [-0.05, 0) is 48.9 Å². The third kappa shape index (κ3) is 4.28. The quantitative estimate of drug-likeness (QED) is 0.413. The first-order valence-electron chi connectivity index (χ1n) is 9.19. The Balaban J connectivity index is 1.51. The van der Waals surface area contributed by atoms with Crippen LogP contribution in [0.25, 0.3) is 17.0 Å². The van der Waals surface area contributed by atoms with Gasteiger partial charge in [-0.15, -0.1) is 10.2 Å². The molecule has 2 heterocycles. The predicted molar refractivity (Wildman–Crippen MR) is 115 cm³/mol. The van der Waals surface area contributed by atoms with Crippen molar-refractivity contribution < 1.29 is 4.74 Å². The second-order valence-electron chi connectivity index (χ2n) is 6.57. The molecule has 0 atom stereocenters. The van der Waals surface area contributed by atoms with Crippen LogP contribution in [-0.4, -0.2) is 25.2 Å². The van der Waals surface area contributed by atoms with Crippen LogP contribution in [0.3, 0.4) is 0 Å². The van der Waals surface area contributed by atoms with Crippen LogP contribution >= 0.6 is 23.2 Å². The zero-order valence-electron chi connectivity index (χ0n) is 15.6. The van der Waals surface area contributed by atoms with Crippen LogP contribution in [0.5, 0.6) is 5.75 Å².